The zero-order valence-electron chi connectivity index (χ0n) is 18.5. The van der Waals surface area contributed by atoms with Crippen molar-refractivity contribution in [2.45, 2.75) is 13.1 Å². The first-order valence-electron chi connectivity index (χ1n) is 10.9. The first kappa shape index (κ1) is 22.1. The highest BCUT2D eigenvalue weighted by Crippen LogP contribution is 2.24. The van der Waals surface area contributed by atoms with Crippen LogP contribution in [-0.4, -0.2) is 30.7 Å². The number of aromatic nitrogens is 5. The van der Waals surface area contributed by atoms with Crippen molar-refractivity contribution in [1.29, 1.82) is 0 Å². The van der Waals surface area contributed by atoms with Crippen LogP contribution in [0.3, 0.4) is 0 Å². The largest absolute Gasteiger partial charge is 0.346 e. The van der Waals surface area contributed by atoms with Crippen LogP contribution in [0.25, 0.3) is 16.9 Å². The van der Waals surface area contributed by atoms with Gasteiger partial charge in [-0.15, -0.1) is 5.10 Å². The molecule has 0 aliphatic carbocycles. The van der Waals surface area contributed by atoms with Crippen LogP contribution in [0.2, 0.25) is 0 Å². The SMILES string of the molecule is O=C(NCc1cn(Cc2ccc(F)cc2)nn1)c1cn(-c2ccccc2)nc1-c1ccc(F)cc1. The summed E-state index contributed by atoms with van der Waals surface area (Å²) in [5.41, 5.74) is 3.64. The third kappa shape index (κ3) is 5.14. The molecule has 0 saturated carbocycles. The molecule has 174 valence electrons. The predicted octanol–water partition coefficient (Wildman–Crippen LogP) is 4.39. The Balaban J connectivity index is 1.34. The van der Waals surface area contributed by atoms with Crippen LogP contribution in [0.5, 0.6) is 0 Å². The number of halogens is 2. The number of amides is 1. The number of hydrogen-bond acceptors (Lipinski definition) is 4. The van der Waals surface area contributed by atoms with Crippen LogP contribution in [-0.2, 0) is 13.1 Å². The molecule has 0 saturated heterocycles. The molecule has 35 heavy (non-hydrogen) atoms. The number of nitrogens with zero attached hydrogens (tertiary/aromatic N) is 5. The molecule has 0 bridgehead atoms. The highest BCUT2D eigenvalue weighted by molar-refractivity contribution is 5.99. The Bertz CT molecular complexity index is 1440. The average molecular weight is 470 g/mol. The topological polar surface area (TPSA) is 77.6 Å². The summed E-state index contributed by atoms with van der Waals surface area (Å²) in [5, 5.41) is 15.6. The van der Waals surface area contributed by atoms with Gasteiger partial charge in [-0.05, 0) is 54.1 Å². The quantitative estimate of drug-likeness (QED) is 0.383. The van der Waals surface area contributed by atoms with Gasteiger partial charge in [-0.25, -0.2) is 18.1 Å². The van der Waals surface area contributed by atoms with Gasteiger partial charge >= 0.3 is 0 Å². The molecule has 7 nitrogen and oxygen atoms in total. The fraction of sp³-hybridized carbons (Fsp3) is 0.0769. The lowest BCUT2D eigenvalue weighted by molar-refractivity contribution is 0.0951. The van der Waals surface area contributed by atoms with Gasteiger partial charge in [0.15, 0.2) is 0 Å². The minimum Gasteiger partial charge on any atom is -0.346 e. The molecular weight excluding hydrogens is 450 g/mol. The van der Waals surface area contributed by atoms with Gasteiger partial charge in [0.2, 0.25) is 0 Å². The van der Waals surface area contributed by atoms with E-state index in [4.69, 9.17) is 0 Å². The molecule has 9 heteroatoms. The fourth-order valence-electron chi connectivity index (χ4n) is 3.61. The van der Waals surface area contributed by atoms with Gasteiger partial charge < -0.3 is 5.32 Å². The van der Waals surface area contributed by atoms with Crippen molar-refractivity contribution in [2.24, 2.45) is 0 Å². The molecule has 0 aliphatic heterocycles. The van der Waals surface area contributed by atoms with Crippen molar-refractivity contribution in [1.82, 2.24) is 30.1 Å². The highest BCUT2D eigenvalue weighted by Gasteiger charge is 2.19. The second kappa shape index (κ2) is 9.68. The van der Waals surface area contributed by atoms with Gasteiger partial charge in [0.25, 0.3) is 5.91 Å². The molecule has 2 heterocycles. The lowest BCUT2D eigenvalue weighted by Crippen LogP contribution is -2.23. The van der Waals surface area contributed by atoms with E-state index in [1.54, 1.807) is 46.0 Å². The van der Waals surface area contributed by atoms with Crippen molar-refractivity contribution in [2.75, 3.05) is 0 Å². The predicted molar refractivity (Wildman–Crippen MR) is 126 cm³/mol. The van der Waals surface area contributed by atoms with E-state index in [0.29, 0.717) is 29.1 Å². The van der Waals surface area contributed by atoms with Crippen LogP contribution in [0, 0.1) is 11.6 Å². The Labute approximate surface area is 199 Å². The van der Waals surface area contributed by atoms with Crippen LogP contribution in [0.1, 0.15) is 21.6 Å². The third-order valence-electron chi connectivity index (χ3n) is 5.37. The van der Waals surface area contributed by atoms with Crippen molar-refractivity contribution in [3.8, 4) is 16.9 Å². The lowest BCUT2D eigenvalue weighted by atomic mass is 10.1. The summed E-state index contributed by atoms with van der Waals surface area (Å²) in [6, 6.07) is 21.4. The Morgan fingerprint density at radius 2 is 1.54 bits per heavy atom. The van der Waals surface area contributed by atoms with E-state index in [1.165, 1.54) is 24.3 Å². The summed E-state index contributed by atoms with van der Waals surface area (Å²) in [5.74, 6) is -1.02. The van der Waals surface area contributed by atoms with E-state index >= 15 is 0 Å². The number of carbonyl (C=O) groups is 1. The van der Waals surface area contributed by atoms with Crippen LogP contribution in [0.4, 0.5) is 8.78 Å². The lowest BCUT2D eigenvalue weighted by Gasteiger charge is -2.04. The van der Waals surface area contributed by atoms with Crippen LogP contribution in [0.15, 0.2) is 91.3 Å². The van der Waals surface area contributed by atoms with Crippen molar-refractivity contribution in [3.63, 3.8) is 0 Å². The Hall–Kier alpha value is -4.66. The number of rotatable bonds is 7. The van der Waals surface area contributed by atoms with Crippen LogP contribution < -0.4 is 5.32 Å². The number of benzene rings is 3. The van der Waals surface area contributed by atoms with Gasteiger partial charge in [0.1, 0.15) is 23.0 Å². The fourth-order valence-corrected chi connectivity index (χ4v) is 3.61. The van der Waals surface area contributed by atoms with Gasteiger partial charge in [0.05, 0.1) is 30.5 Å². The van der Waals surface area contributed by atoms with E-state index in [9.17, 15) is 13.6 Å². The molecule has 1 amide bonds. The minimum absolute atomic E-state index is 0.154. The molecule has 0 spiro atoms. The second-order valence-electron chi connectivity index (χ2n) is 7.89. The van der Waals surface area contributed by atoms with Gasteiger partial charge in [0, 0.05) is 11.8 Å². The Kier molecular flexibility index (Phi) is 6.13. The maximum atomic E-state index is 13.5. The molecule has 1 N–H and O–H groups in total. The standard InChI is InChI=1S/C26H20F2N6O/c27-20-10-6-18(7-11-20)15-33-16-22(30-32-33)14-29-26(35)24-17-34(23-4-2-1-3-5-23)31-25(24)19-8-12-21(28)13-9-19/h1-13,16-17H,14-15H2,(H,29,35). The van der Waals surface area contributed by atoms with E-state index in [1.807, 2.05) is 30.3 Å². The summed E-state index contributed by atoms with van der Waals surface area (Å²) in [7, 11) is 0. The summed E-state index contributed by atoms with van der Waals surface area (Å²) in [6.45, 7) is 0.585. The zero-order chi connectivity index (χ0) is 24.2. The van der Waals surface area contributed by atoms with E-state index in [-0.39, 0.29) is 24.1 Å². The monoisotopic (exact) mass is 470 g/mol. The summed E-state index contributed by atoms with van der Waals surface area (Å²) < 4.78 is 29.8. The molecule has 3 aromatic carbocycles. The molecule has 5 aromatic rings. The summed E-state index contributed by atoms with van der Waals surface area (Å²) in [6.07, 6.45) is 3.37. The molecule has 0 radical (unpaired) electrons. The number of para-hydroxylation sites is 1. The first-order valence-corrected chi connectivity index (χ1v) is 10.9. The molecule has 0 fully saturated rings. The zero-order valence-corrected chi connectivity index (χ0v) is 18.5. The normalized spacial score (nSPS) is 10.9. The molecule has 0 unspecified atom stereocenters. The molecular formula is C26H20F2N6O. The highest BCUT2D eigenvalue weighted by atomic mass is 19.1. The second-order valence-corrected chi connectivity index (χ2v) is 7.89. The van der Waals surface area contributed by atoms with Gasteiger partial charge in [-0.2, -0.15) is 5.10 Å². The molecule has 0 aliphatic rings. The summed E-state index contributed by atoms with van der Waals surface area (Å²) >= 11 is 0. The molecule has 0 atom stereocenters. The van der Waals surface area contributed by atoms with Crippen molar-refractivity contribution in [3.05, 3.63) is 120 Å². The molecule has 5 rings (SSSR count). The third-order valence-corrected chi connectivity index (χ3v) is 5.37. The summed E-state index contributed by atoms with van der Waals surface area (Å²) in [4.78, 5) is 13.1. The maximum absolute atomic E-state index is 13.5. The van der Waals surface area contributed by atoms with Crippen LogP contribution >= 0.6 is 0 Å². The van der Waals surface area contributed by atoms with Gasteiger partial charge in [-0.1, -0.05) is 35.5 Å². The minimum atomic E-state index is -0.369. The van der Waals surface area contributed by atoms with Gasteiger partial charge in [-0.3, -0.25) is 4.79 Å². The van der Waals surface area contributed by atoms with E-state index in [2.05, 4.69) is 20.7 Å². The smallest absolute Gasteiger partial charge is 0.255 e. The van der Waals surface area contributed by atoms with E-state index in [0.717, 1.165) is 11.3 Å². The van der Waals surface area contributed by atoms with Crippen molar-refractivity contribution >= 4 is 5.91 Å². The van der Waals surface area contributed by atoms with E-state index < -0.39 is 0 Å². The average Bonchev–Trinajstić information content (AvgIpc) is 3.53. The number of nitrogens with one attached hydrogen (secondary N) is 1. The number of carbonyl (C=O) groups excluding carboxylic acids is 1. The maximum Gasteiger partial charge on any atom is 0.255 e. The number of hydrogen-bond donors (Lipinski definition) is 1. The molecule has 2 aromatic heterocycles. The Morgan fingerprint density at radius 3 is 2.26 bits per heavy atom. The first-order chi connectivity index (χ1) is 17.0. The Morgan fingerprint density at radius 1 is 0.857 bits per heavy atom. The van der Waals surface area contributed by atoms with Crippen molar-refractivity contribution < 1.29 is 13.6 Å².